The molecule has 1 heterocycles. The lowest BCUT2D eigenvalue weighted by Gasteiger charge is -2.30. The molecule has 1 aromatic carbocycles. The highest BCUT2D eigenvalue weighted by atomic mass is 79.9. The molecular weight excluding hydrogens is 324 g/mol. The topological polar surface area (TPSA) is 72.2 Å². The highest BCUT2D eigenvalue weighted by Crippen LogP contribution is 2.40. The molecule has 0 saturated heterocycles. The summed E-state index contributed by atoms with van der Waals surface area (Å²) in [5.41, 5.74) is 0.983. The molecule has 0 unspecified atom stereocenters. The fourth-order valence-corrected chi connectivity index (χ4v) is 4.12. The standard InChI is InChI=1S/C10H13BrN2O2S2/c1-6-5-16-9-3-2-7(11)4-8(9)10(6)13-17(12,14)15/h2-4,6,10,13H,5H2,1H3,(H2,12,14,15)/t6-,10-/m0/s1. The van der Waals surface area contributed by atoms with Gasteiger partial charge in [-0.25, -0.2) is 5.14 Å². The van der Waals surface area contributed by atoms with E-state index in [2.05, 4.69) is 20.7 Å². The quantitative estimate of drug-likeness (QED) is 0.867. The van der Waals surface area contributed by atoms with E-state index >= 15 is 0 Å². The minimum atomic E-state index is -3.69. The second-order valence-electron chi connectivity index (χ2n) is 4.11. The smallest absolute Gasteiger partial charge is 0.216 e. The molecule has 2 rings (SSSR count). The molecule has 94 valence electrons. The van der Waals surface area contributed by atoms with Gasteiger partial charge in [0, 0.05) is 15.1 Å². The van der Waals surface area contributed by atoms with E-state index in [0.717, 1.165) is 20.7 Å². The Hall–Kier alpha value is -0.0800. The van der Waals surface area contributed by atoms with Gasteiger partial charge in [-0.2, -0.15) is 13.1 Å². The Morgan fingerprint density at radius 1 is 1.53 bits per heavy atom. The molecule has 3 N–H and O–H groups in total. The van der Waals surface area contributed by atoms with Gasteiger partial charge in [0.25, 0.3) is 10.2 Å². The molecule has 7 heteroatoms. The van der Waals surface area contributed by atoms with Gasteiger partial charge in [0.15, 0.2) is 0 Å². The second-order valence-corrected chi connectivity index (χ2v) is 7.41. The third-order valence-electron chi connectivity index (χ3n) is 2.67. The van der Waals surface area contributed by atoms with Crippen molar-refractivity contribution in [1.82, 2.24) is 4.72 Å². The van der Waals surface area contributed by atoms with Gasteiger partial charge in [0.05, 0.1) is 6.04 Å². The summed E-state index contributed by atoms with van der Waals surface area (Å²) in [6, 6.07) is 5.64. The van der Waals surface area contributed by atoms with Gasteiger partial charge in [0.2, 0.25) is 0 Å². The van der Waals surface area contributed by atoms with Gasteiger partial charge < -0.3 is 0 Å². The zero-order chi connectivity index (χ0) is 12.6. The Labute approximate surface area is 114 Å². The number of hydrogen-bond donors (Lipinski definition) is 2. The third-order valence-corrected chi connectivity index (χ3v) is 5.12. The SMILES string of the molecule is C[C@H]1CSc2ccc(Br)cc2[C@H]1NS(N)(=O)=O. The lowest BCUT2D eigenvalue weighted by Crippen LogP contribution is -2.39. The molecule has 0 bridgehead atoms. The second kappa shape index (κ2) is 4.89. The summed E-state index contributed by atoms with van der Waals surface area (Å²) < 4.78 is 25.8. The maximum Gasteiger partial charge on any atom is 0.274 e. The fourth-order valence-electron chi connectivity index (χ4n) is 1.87. The number of hydrogen-bond acceptors (Lipinski definition) is 3. The molecule has 0 radical (unpaired) electrons. The maximum absolute atomic E-state index is 11.2. The largest absolute Gasteiger partial charge is 0.274 e. The number of thioether (sulfide) groups is 1. The van der Waals surface area contributed by atoms with Crippen molar-refractivity contribution in [2.75, 3.05) is 5.75 Å². The summed E-state index contributed by atoms with van der Waals surface area (Å²) in [6.07, 6.45) is 0. The predicted octanol–water partition coefficient (Wildman–Crippen LogP) is 2.03. The average Bonchev–Trinajstić information content (AvgIpc) is 2.21. The van der Waals surface area contributed by atoms with E-state index < -0.39 is 10.2 Å². The molecule has 0 aliphatic carbocycles. The van der Waals surface area contributed by atoms with Crippen LogP contribution in [0, 0.1) is 5.92 Å². The minimum absolute atomic E-state index is 0.208. The first kappa shape index (κ1) is 13.4. The molecule has 1 aliphatic heterocycles. The molecule has 2 atom stereocenters. The van der Waals surface area contributed by atoms with Gasteiger partial charge >= 0.3 is 0 Å². The lowest BCUT2D eigenvalue weighted by atomic mass is 9.96. The number of nitrogens with one attached hydrogen (secondary N) is 1. The van der Waals surface area contributed by atoms with Crippen molar-refractivity contribution in [3.8, 4) is 0 Å². The van der Waals surface area contributed by atoms with Crippen LogP contribution in [-0.2, 0) is 10.2 Å². The van der Waals surface area contributed by atoms with E-state index in [4.69, 9.17) is 5.14 Å². The zero-order valence-electron chi connectivity index (χ0n) is 9.18. The Bertz CT molecular complexity index is 533. The Balaban J connectivity index is 2.42. The molecular formula is C10H13BrN2O2S2. The van der Waals surface area contributed by atoms with Gasteiger partial charge in [-0.3, -0.25) is 0 Å². The summed E-state index contributed by atoms with van der Waals surface area (Å²) in [7, 11) is -3.69. The van der Waals surface area contributed by atoms with Crippen LogP contribution in [0.25, 0.3) is 0 Å². The highest BCUT2D eigenvalue weighted by molar-refractivity contribution is 9.10. The van der Waals surface area contributed by atoms with Crippen molar-refractivity contribution < 1.29 is 8.42 Å². The Kier molecular flexibility index (Phi) is 3.84. The summed E-state index contributed by atoms with van der Waals surface area (Å²) in [5, 5.41) is 5.07. The number of halogens is 1. The first-order valence-corrected chi connectivity index (χ1v) is 8.41. The van der Waals surface area contributed by atoms with Gasteiger partial charge in [0.1, 0.15) is 0 Å². The molecule has 1 aromatic rings. The van der Waals surface area contributed by atoms with Crippen molar-refractivity contribution in [3.05, 3.63) is 28.2 Å². The Morgan fingerprint density at radius 3 is 2.88 bits per heavy atom. The normalized spacial score (nSPS) is 24.4. The maximum atomic E-state index is 11.2. The lowest BCUT2D eigenvalue weighted by molar-refractivity contribution is 0.458. The number of nitrogens with two attached hydrogens (primary N) is 1. The van der Waals surface area contributed by atoms with Gasteiger partial charge in [-0.05, 0) is 29.7 Å². The fraction of sp³-hybridized carbons (Fsp3) is 0.400. The molecule has 1 aliphatic rings. The average molecular weight is 337 g/mol. The van der Waals surface area contributed by atoms with Crippen molar-refractivity contribution in [3.63, 3.8) is 0 Å². The van der Waals surface area contributed by atoms with Crippen molar-refractivity contribution >= 4 is 37.9 Å². The summed E-state index contributed by atoms with van der Waals surface area (Å²) in [6.45, 7) is 2.01. The van der Waals surface area contributed by atoms with Crippen LogP contribution < -0.4 is 9.86 Å². The van der Waals surface area contributed by atoms with Crippen LogP contribution in [0.15, 0.2) is 27.6 Å². The van der Waals surface area contributed by atoms with Crippen LogP contribution >= 0.6 is 27.7 Å². The van der Waals surface area contributed by atoms with Crippen LogP contribution in [0.3, 0.4) is 0 Å². The van der Waals surface area contributed by atoms with E-state index in [9.17, 15) is 8.42 Å². The minimum Gasteiger partial charge on any atom is -0.216 e. The van der Waals surface area contributed by atoms with Gasteiger partial charge in [-0.1, -0.05) is 22.9 Å². The van der Waals surface area contributed by atoms with Crippen LogP contribution in [0.2, 0.25) is 0 Å². The number of fused-ring (bicyclic) bond motifs is 1. The summed E-state index contributed by atoms with van der Waals surface area (Å²) >= 11 is 5.14. The molecule has 0 saturated carbocycles. The van der Waals surface area contributed by atoms with E-state index in [-0.39, 0.29) is 12.0 Å². The van der Waals surface area contributed by atoms with E-state index in [0.29, 0.717) is 0 Å². The van der Waals surface area contributed by atoms with E-state index in [1.807, 2.05) is 25.1 Å². The molecule has 0 amide bonds. The molecule has 4 nitrogen and oxygen atoms in total. The zero-order valence-corrected chi connectivity index (χ0v) is 12.4. The monoisotopic (exact) mass is 336 g/mol. The van der Waals surface area contributed by atoms with Crippen LogP contribution in [-0.4, -0.2) is 14.2 Å². The van der Waals surface area contributed by atoms with Crippen LogP contribution in [0.4, 0.5) is 0 Å². The summed E-state index contributed by atoms with van der Waals surface area (Å²) in [4.78, 5) is 1.10. The molecule has 17 heavy (non-hydrogen) atoms. The molecule has 0 spiro atoms. The van der Waals surface area contributed by atoms with E-state index in [1.54, 1.807) is 11.8 Å². The van der Waals surface area contributed by atoms with Crippen molar-refractivity contribution in [1.29, 1.82) is 0 Å². The predicted molar refractivity (Wildman–Crippen MR) is 73.0 cm³/mol. The number of benzene rings is 1. The van der Waals surface area contributed by atoms with Crippen molar-refractivity contribution in [2.45, 2.75) is 17.9 Å². The van der Waals surface area contributed by atoms with Crippen molar-refractivity contribution in [2.24, 2.45) is 11.1 Å². The van der Waals surface area contributed by atoms with Crippen LogP contribution in [0.5, 0.6) is 0 Å². The third kappa shape index (κ3) is 3.23. The van der Waals surface area contributed by atoms with Gasteiger partial charge in [-0.15, -0.1) is 11.8 Å². The van der Waals surface area contributed by atoms with Crippen LogP contribution in [0.1, 0.15) is 18.5 Å². The highest BCUT2D eigenvalue weighted by Gasteiger charge is 2.29. The first-order valence-electron chi connectivity index (χ1n) is 5.09. The summed E-state index contributed by atoms with van der Waals surface area (Å²) in [5.74, 6) is 1.09. The number of rotatable bonds is 2. The Morgan fingerprint density at radius 2 is 2.24 bits per heavy atom. The van der Waals surface area contributed by atoms with E-state index in [1.165, 1.54) is 0 Å². The first-order chi connectivity index (χ1) is 7.87. The molecule has 0 aromatic heterocycles. The molecule has 0 fully saturated rings.